The minimum Gasteiger partial charge on any atom is -0.478 e. The lowest BCUT2D eigenvalue weighted by molar-refractivity contribution is 0.0694. The molecule has 3 heteroatoms. The summed E-state index contributed by atoms with van der Waals surface area (Å²) in [6.45, 7) is 3.95. The maximum absolute atomic E-state index is 11.2. The molecule has 0 saturated carbocycles. The lowest BCUT2D eigenvalue weighted by Gasteiger charge is -2.12. The van der Waals surface area contributed by atoms with E-state index in [-0.39, 0.29) is 5.56 Å². The van der Waals surface area contributed by atoms with Crippen molar-refractivity contribution in [2.75, 3.05) is 0 Å². The minimum atomic E-state index is -0.982. The molecule has 0 bridgehead atoms. The van der Waals surface area contributed by atoms with Gasteiger partial charge in [-0.2, -0.15) is 0 Å². The van der Waals surface area contributed by atoms with Gasteiger partial charge in [-0.15, -0.1) is 0 Å². The Bertz CT molecular complexity index is 603. The molecule has 0 radical (unpaired) electrons. The van der Waals surface area contributed by atoms with Gasteiger partial charge >= 0.3 is 5.97 Å². The van der Waals surface area contributed by atoms with E-state index in [2.05, 4.69) is 0 Å². The fourth-order valence-electron chi connectivity index (χ4n) is 1.90. The zero-order chi connectivity index (χ0) is 13.8. The number of hydrogen-bond donors (Lipinski definition) is 1. The number of benzene rings is 2. The van der Waals surface area contributed by atoms with Crippen molar-refractivity contribution >= 4 is 5.97 Å². The molecule has 0 spiro atoms. The first-order valence-electron chi connectivity index (χ1n) is 6.21. The van der Waals surface area contributed by atoms with Crippen LogP contribution in [0.5, 0.6) is 11.5 Å². The van der Waals surface area contributed by atoms with Gasteiger partial charge in [0.15, 0.2) is 0 Å². The van der Waals surface area contributed by atoms with E-state index < -0.39 is 5.97 Å². The van der Waals surface area contributed by atoms with Crippen LogP contribution >= 0.6 is 0 Å². The zero-order valence-electron chi connectivity index (χ0n) is 11.0. The molecule has 0 amide bonds. The first kappa shape index (κ1) is 13.1. The summed E-state index contributed by atoms with van der Waals surface area (Å²) in [5.41, 5.74) is 2.20. The number of carboxylic acid groups (broad SMARTS) is 1. The van der Waals surface area contributed by atoms with Crippen LogP contribution in [0.3, 0.4) is 0 Å². The van der Waals surface area contributed by atoms with Crippen molar-refractivity contribution in [3.8, 4) is 11.5 Å². The van der Waals surface area contributed by atoms with Gasteiger partial charge in [-0.25, -0.2) is 4.79 Å². The minimum absolute atomic E-state index is 0.177. The predicted octanol–water partition coefficient (Wildman–Crippen LogP) is 4.05. The Hall–Kier alpha value is -2.29. The third-order valence-electron chi connectivity index (χ3n) is 2.94. The summed E-state index contributed by atoms with van der Waals surface area (Å²) in [5.74, 6) is 0.107. The molecule has 2 aromatic carbocycles. The van der Waals surface area contributed by atoms with Crippen LogP contribution < -0.4 is 4.74 Å². The number of carboxylic acids is 1. The highest BCUT2D eigenvalue weighted by atomic mass is 16.5. The first-order valence-corrected chi connectivity index (χ1v) is 6.21. The van der Waals surface area contributed by atoms with E-state index in [1.54, 1.807) is 18.2 Å². The zero-order valence-corrected chi connectivity index (χ0v) is 11.0. The van der Waals surface area contributed by atoms with Crippen molar-refractivity contribution in [1.29, 1.82) is 0 Å². The summed E-state index contributed by atoms with van der Waals surface area (Å²) in [7, 11) is 0. The van der Waals surface area contributed by atoms with Crippen molar-refractivity contribution in [2.24, 2.45) is 0 Å². The SMILES string of the molecule is CCc1ccccc1Oc1cc(C)ccc1C(=O)O. The van der Waals surface area contributed by atoms with Crippen LogP contribution in [-0.4, -0.2) is 11.1 Å². The molecule has 0 aromatic heterocycles. The molecule has 19 heavy (non-hydrogen) atoms. The Balaban J connectivity index is 2.42. The highest BCUT2D eigenvalue weighted by Gasteiger charge is 2.13. The van der Waals surface area contributed by atoms with Gasteiger partial charge in [0.05, 0.1) is 0 Å². The van der Waals surface area contributed by atoms with Crippen molar-refractivity contribution in [3.63, 3.8) is 0 Å². The molecule has 2 aromatic rings. The second-order valence-corrected chi connectivity index (χ2v) is 4.37. The molecule has 0 unspecified atom stereocenters. The summed E-state index contributed by atoms with van der Waals surface area (Å²) >= 11 is 0. The fraction of sp³-hybridized carbons (Fsp3) is 0.188. The topological polar surface area (TPSA) is 46.5 Å². The van der Waals surface area contributed by atoms with Gasteiger partial charge in [0.25, 0.3) is 0 Å². The van der Waals surface area contributed by atoms with Gasteiger partial charge in [-0.05, 0) is 42.7 Å². The molecule has 0 aliphatic rings. The normalized spacial score (nSPS) is 10.2. The van der Waals surface area contributed by atoms with E-state index in [1.807, 2.05) is 38.1 Å². The van der Waals surface area contributed by atoms with E-state index >= 15 is 0 Å². The molecule has 0 aliphatic carbocycles. The number of rotatable bonds is 4. The van der Waals surface area contributed by atoms with E-state index in [1.165, 1.54) is 0 Å². The maximum Gasteiger partial charge on any atom is 0.339 e. The second-order valence-electron chi connectivity index (χ2n) is 4.37. The molecule has 3 nitrogen and oxygen atoms in total. The smallest absolute Gasteiger partial charge is 0.339 e. The lowest BCUT2D eigenvalue weighted by atomic mass is 10.1. The number of aryl methyl sites for hydroxylation is 2. The molecule has 0 atom stereocenters. The highest BCUT2D eigenvalue weighted by molar-refractivity contribution is 5.91. The average Bonchev–Trinajstić information content (AvgIpc) is 2.39. The molecular formula is C16H16O3. The van der Waals surface area contributed by atoms with E-state index in [9.17, 15) is 9.90 Å². The number of hydrogen-bond acceptors (Lipinski definition) is 2. The lowest BCUT2D eigenvalue weighted by Crippen LogP contribution is -2.01. The van der Waals surface area contributed by atoms with Gasteiger partial charge in [0.2, 0.25) is 0 Å². The summed E-state index contributed by atoms with van der Waals surface area (Å²) < 4.78 is 5.79. The number of para-hydroxylation sites is 1. The molecule has 98 valence electrons. The standard InChI is InChI=1S/C16H16O3/c1-3-12-6-4-5-7-14(12)19-15-10-11(2)8-9-13(15)16(17)18/h4-10H,3H2,1-2H3,(H,17,18). The van der Waals surface area contributed by atoms with Crippen LogP contribution in [0, 0.1) is 6.92 Å². The largest absolute Gasteiger partial charge is 0.478 e. The van der Waals surface area contributed by atoms with E-state index in [4.69, 9.17) is 4.74 Å². The van der Waals surface area contributed by atoms with Crippen molar-refractivity contribution in [3.05, 3.63) is 59.2 Å². The molecule has 1 N–H and O–H groups in total. The van der Waals surface area contributed by atoms with Crippen molar-refractivity contribution in [2.45, 2.75) is 20.3 Å². The van der Waals surface area contributed by atoms with Gasteiger partial charge in [-0.1, -0.05) is 31.2 Å². The molecule has 0 aliphatic heterocycles. The van der Waals surface area contributed by atoms with E-state index in [0.29, 0.717) is 11.5 Å². The predicted molar refractivity (Wildman–Crippen MR) is 74.0 cm³/mol. The van der Waals surface area contributed by atoms with Crippen molar-refractivity contribution < 1.29 is 14.6 Å². The molecule has 2 rings (SSSR count). The number of carbonyl (C=O) groups is 1. The van der Waals surface area contributed by atoms with Crippen LogP contribution in [0.15, 0.2) is 42.5 Å². The third-order valence-corrected chi connectivity index (χ3v) is 2.94. The van der Waals surface area contributed by atoms with Crippen LogP contribution in [0.4, 0.5) is 0 Å². The van der Waals surface area contributed by atoms with Crippen LogP contribution in [0.2, 0.25) is 0 Å². The van der Waals surface area contributed by atoms with Gasteiger partial charge in [-0.3, -0.25) is 0 Å². The first-order chi connectivity index (χ1) is 9.11. The Kier molecular flexibility index (Phi) is 3.85. The van der Waals surface area contributed by atoms with Gasteiger partial charge < -0.3 is 9.84 Å². The Morgan fingerprint density at radius 3 is 2.58 bits per heavy atom. The summed E-state index contributed by atoms with van der Waals surface area (Å²) in [6.07, 6.45) is 0.838. The Morgan fingerprint density at radius 1 is 1.16 bits per heavy atom. The average molecular weight is 256 g/mol. The molecule has 0 heterocycles. The van der Waals surface area contributed by atoms with Crippen LogP contribution in [0.1, 0.15) is 28.4 Å². The second kappa shape index (κ2) is 5.57. The summed E-state index contributed by atoms with van der Waals surface area (Å²) in [5, 5.41) is 9.18. The third kappa shape index (κ3) is 2.94. The maximum atomic E-state index is 11.2. The number of aromatic carboxylic acids is 1. The molecular weight excluding hydrogens is 240 g/mol. The van der Waals surface area contributed by atoms with Crippen LogP contribution in [-0.2, 0) is 6.42 Å². The Labute approximate surface area is 112 Å². The van der Waals surface area contributed by atoms with Crippen LogP contribution in [0.25, 0.3) is 0 Å². The van der Waals surface area contributed by atoms with E-state index in [0.717, 1.165) is 17.5 Å². The Morgan fingerprint density at radius 2 is 1.89 bits per heavy atom. The summed E-state index contributed by atoms with van der Waals surface area (Å²) in [6, 6.07) is 12.7. The quantitative estimate of drug-likeness (QED) is 0.897. The van der Waals surface area contributed by atoms with Gasteiger partial charge in [0, 0.05) is 0 Å². The summed E-state index contributed by atoms with van der Waals surface area (Å²) in [4.78, 5) is 11.2. The monoisotopic (exact) mass is 256 g/mol. The number of ether oxygens (including phenoxy) is 1. The van der Waals surface area contributed by atoms with Gasteiger partial charge in [0.1, 0.15) is 17.1 Å². The molecule has 0 fully saturated rings. The highest BCUT2D eigenvalue weighted by Crippen LogP contribution is 2.29. The fourth-order valence-corrected chi connectivity index (χ4v) is 1.90. The van der Waals surface area contributed by atoms with Crippen molar-refractivity contribution in [1.82, 2.24) is 0 Å². The molecule has 0 saturated heterocycles.